The number of carbonyl (C=O) groups excluding carboxylic acids is 1. The number of carbonyl (C=O) groups is 2. The van der Waals surface area contributed by atoms with Gasteiger partial charge in [0.1, 0.15) is 6.04 Å². The molecule has 0 bridgehead atoms. The fourth-order valence-electron chi connectivity index (χ4n) is 1.94. The summed E-state index contributed by atoms with van der Waals surface area (Å²) in [5.74, 6) is -1.62. The van der Waals surface area contributed by atoms with E-state index in [1.807, 2.05) is 0 Å². The van der Waals surface area contributed by atoms with Crippen molar-refractivity contribution in [3.63, 3.8) is 0 Å². The zero-order valence-corrected chi connectivity index (χ0v) is 10.3. The van der Waals surface area contributed by atoms with Gasteiger partial charge in [-0.25, -0.2) is 4.79 Å². The van der Waals surface area contributed by atoms with Crippen LogP contribution in [0.25, 0.3) is 0 Å². The number of amides is 1. The molecule has 0 unspecified atom stereocenters. The van der Waals surface area contributed by atoms with Gasteiger partial charge in [-0.05, 0) is 23.3 Å². The first-order valence-corrected chi connectivity index (χ1v) is 5.96. The van der Waals surface area contributed by atoms with E-state index in [0.717, 1.165) is 11.1 Å². The predicted octanol–water partition coefficient (Wildman–Crippen LogP) is 0.282. The largest absolute Gasteiger partial charge is 0.480 e. The molecule has 19 heavy (non-hydrogen) atoms. The summed E-state index contributed by atoms with van der Waals surface area (Å²) in [6, 6.07) is 4.07. The topological polar surface area (TPSA) is 95.9 Å². The van der Waals surface area contributed by atoms with Crippen LogP contribution in [-0.2, 0) is 22.7 Å². The minimum atomic E-state index is -1.16. The molecular weight excluding hydrogens is 250 g/mol. The van der Waals surface area contributed by atoms with Crippen molar-refractivity contribution in [2.75, 3.05) is 6.61 Å². The molecule has 0 fully saturated rings. The third-order valence-electron chi connectivity index (χ3n) is 3.00. The van der Waals surface area contributed by atoms with Crippen LogP contribution in [0, 0.1) is 0 Å². The molecule has 102 valence electrons. The molecule has 3 N–H and O–H groups in total. The van der Waals surface area contributed by atoms with Gasteiger partial charge in [0.05, 0.1) is 13.2 Å². The summed E-state index contributed by atoms with van der Waals surface area (Å²) in [6.45, 7) is 0.713. The Hall–Kier alpha value is -1.92. The zero-order chi connectivity index (χ0) is 13.8. The van der Waals surface area contributed by atoms with Gasteiger partial charge >= 0.3 is 5.97 Å². The van der Waals surface area contributed by atoms with Gasteiger partial charge in [0.2, 0.25) is 0 Å². The number of aliphatic hydroxyl groups is 1. The lowest BCUT2D eigenvalue weighted by atomic mass is 10.1. The normalized spacial score (nSPS) is 14.8. The number of carboxylic acids is 1. The maximum atomic E-state index is 11.9. The number of hydrogen-bond acceptors (Lipinski definition) is 4. The van der Waals surface area contributed by atoms with Crippen molar-refractivity contribution in [1.82, 2.24) is 5.32 Å². The van der Waals surface area contributed by atoms with Crippen LogP contribution in [0.4, 0.5) is 0 Å². The van der Waals surface area contributed by atoms with Crippen LogP contribution < -0.4 is 5.32 Å². The number of aliphatic hydroxyl groups excluding tert-OH is 1. The first-order chi connectivity index (χ1) is 9.11. The van der Waals surface area contributed by atoms with Gasteiger partial charge in [-0.3, -0.25) is 4.79 Å². The van der Waals surface area contributed by atoms with Crippen molar-refractivity contribution >= 4 is 11.9 Å². The van der Waals surface area contributed by atoms with Crippen molar-refractivity contribution in [1.29, 1.82) is 0 Å². The van der Waals surface area contributed by atoms with E-state index in [4.69, 9.17) is 14.9 Å². The summed E-state index contributed by atoms with van der Waals surface area (Å²) < 4.78 is 5.25. The number of ether oxygens (including phenoxy) is 1. The van der Waals surface area contributed by atoms with Crippen LogP contribution in [0.15, 0.2) is 18.2 Å². The molecule has 1 atom stereocenters. The molecular formula is C13H15NO5. The quantitative estimate of drug-likeness (QED) is 0.710. The summed E-state index contributed by atoms with van der Waals surface area (Å²) in [5.41, 5.74) is 2.39. The Morgan fingerprint density at radius 1 is 1.32 bits per heavy atom. The highest BCUT2D eigenvalue weighted by Crippen LogP contribution is 2.20. The number of hydrogen-bond donors (Lipinski definition) is 3. The average molecular weight is 265 g/mol. The number of benzene rings is 1. The van der Waals surface area contributed by atoms with E-state index in [9.17, 15) is 9.59 Å². The van der Waals surface area contributed by atoms with Crippen LogP contribution >= 0.6 is 0 Å². The highest BCUT2D eigenvalue weighted by atomic mass is 16.5. The van der Waals surface area contributed by atoms with Gasteiger partial charge in [-0.1, -0.05) is 6.07 Å². The third-order valence-corrected chi connectivity index (χ3v) is 3.00. The minimum absolute atomic E-state index is 0.0187. The lowest BCUT2D eigenvalue weighted by Gasteiger charge is -2.13. The SMILES string of the molecule is O=C(N[C@@H](CCO)C(=O)O)c1ccc2c(c1)COC2. The molecule has 1 aliphatic rings. The molecule has 1 aliphatic heterocycles. The Morgan fingerprint density at radius 2 is 2.05 bits per heavy atom. The van der Waals surface area contributed by atoms with Gasteiger partial charge in [0.25, 0.3) is 5.91 Å². The molecule has 6 nitrogen and oxygen atoms in total. The Morgan fingerprint density at radius 3 is 2.74 bits per heavy atom. The van der Waals surface area contributed by atoms with Crippen molar-refractivity contribution in [2.24, 2.45) is 0 Å². The standard InChI is InChI=1S/C13H15NO5/c15-4-3-11(13(17)18)14-12(16)8-1-2-9-6-19-7-10(9)5-8/h1-2,5,11,15H,3-4,6-7H2,(H,14,16)(H,17,18)/t11-/m0/s1. The highest BCUT2D eigenvalue weighted by Gasteiger charge is 2.21. The first kappa shape index (κ1) is 13.5. The number of rotatable bonds is 5. The van der Waals surface area contributed by atoms with Crippen LogP contribution in [0.5, 0.6) is 0 Å². The second-order valence-electron chi connectivity index (χ2n) is 4.35. The van der Waals surface area contributed by atoms with E-state index in [1.54, 1.807) is 18.2 Å². The summed E-state index contributed by atoms with van der Waals surface area (Å²) >= 11 is 0. The molecule has 0 aromatic heterocycles. The summed E-state index contributed by atoms with van der Waals surface area (Å²) in [6.07, 6.45) is -0.0187. The molecule has 0 saturated carbocycles. The molecule has 1 amide bonds. The average Bonchev–Trinajstić information content (AvgIpc) is 2.85. The molecule has 0 spiro atoms. The Balaban J connectivity index is 2.09. The highest BCUT2D eigenvalue weighted by molar-refractivity contribution is 5.96. The van der Waals surface area contributed by atoms with Gasteiger partial charge in [-0.15, -0.1) is 0 Å². The fourth-order valence-corrected chi connectivity index (χ4v) is 1.94. The van der Waals surface area contributed by atoms with E-state index in [-0.39, 0.29) is 13.0 Å². The van der Waals surface area contributed by atoms with Crippen LogP contribution in [0.1, 0.15) is 27.9 Å². The lowest BCUT2D eigenvalue weighted by Crippen LogP contribution is -2.41. The summed E-state index contributed by atoms with van der Waals surface area (Å²) in [7, 11) is 0. The predicted molar refractivity (Wildman–Crippen MR) is 65.5 cm³/mol. The molecule has 0 saturated heterocycles. The van der Waals surface area contributed by atoms with E-state index in [0.29, 0.717) is 18.8 Å². The van der Waals surface area contributed by atoms with E-state index in [1.165, 1.54) is 0 Å². The molecule has 6 heteroatoms. The monoisotopic (exact) mass is 265 g/mol. The Bertz CT molecular complexity index is 500. The second kappa shape index (κ2) is 5.81. The van der Waals surface area contributed by atoms with E-state index in [2.05, 4.69) is 5.32 Å². The van der Waals surface area contributed by atoms with Gasteiger partial charge in [0.15, 0.2) is 0 Å². The van der Waals surface area contributed by atoms with Crippen LogP contribution in [-0.4, -0.2) is 34.7 Å². The number of fused-ring (bicyclic) bond motifs is 1. The Labute approximate surface area is 110 Å². The van der Waals surface area contributed by atoms with Crippen LogP contribution in [0.3, 0.4) is 0 Å². The number of aliphatic carboxylic acids is 1. The van der Waals surface area contributed by atoms with Gasteiger partial charge < -0.3 is 20.3 Å². The molecule has 1 aromatic carbocycles. The molecule has 1 aromatic rings. The summed E-state index contributed by atoms with van der Waals surface area (Å²) in [4.78, 5) is 22.8. The maximum absolute atomic E-state index is 11.9. The molecule has 2 rings (SSSR count). The maximum Gasteiger partial charge on any atom is 0.326 e. The number of carboxylic acid groups (broad SMARTS) is 1. The molecule has 0 radical (unpaired) electrons. The zero-order valence-electron chi connectivity index (χ0n) is 10.3. The first-order valence-electron chi connectivity index (χ1n) is 5.96. The minimum Gasteiger partial charge on any atom is -0.480 e. The second-order valence-corrected chi connectivity index (χ2v) is 4.35. The van der Waals surface area contributed by atoms with Crippen LogP contribution in [0.2, 0.25) is 0 Å². The van der Waals surface area contributed by atoms with Crippen molar-refractivity contribution in [3.05, 3.63) is 34.9 Å². The summed E-state index contributed by atoms with van der Waals surface area (Å²) in [5, 5.41) is 20.1. The molecule has 1 heterocycles. The lowest BCUT2D eigenvalue weighted by molar-refractivity contribution is -0.139. The van der Waals surface area contributed by atoms with Crippen molar-refractivity contribution in [2.45, 2.75) is 25.7 Å². The number of nitrogens with one attached hydrogen (secondary N) is 1. The Kier molecular flexibility index (Phi) is 4.13. The smallest absolute Gasteiger partial charge is 0.326 e. The third kappa shape index (κ3) is 3.10. The van der Waals surface area contributed by atoms with Gasteiger partial charge in [0, 0.05) is 18.6 Å². The van der Waals surface area contributed by atoms with E-state index < -0.39 is 17.9 Å². The van der Waals surface area contributed by atoms with Gasteiger partial charge in [-0.2, -0.15) is 0 Å². The van der Waals surface area contributed by atoms with Crippen molar-refractivity contribution in [3.8, 4) is 0 Å². The van der Waals surface area contributed by atoms with Crippen molar-refractivity contribution < 1.29 is 24.5 Å². The van der Waals surface area contributed by atoms with E-state index >= 15 is 0 Å². The fraction of sp³-hybridized carbons (Fsp3) is 0.385. The molecule has 0 aliphatic carbocycles.